The molecule has 1 aromatic rings. The number of primary amides is 1. The van der Waals surface area contributed by atoms with Crippen LogP contribution in [-0.2, 0) is 14.4 Å². The van der Waals surface area contributed by atoms with E-state index in [-0.39, 0.29) is 18.2 Å². The van der Waals surface area contributed by atoms with Gasteiger partial charge in [0.05, 0.1) is 5.92 Å². The van der Waals surface area contributed by atoms with Gasteiger partial charge in [-0.15, -0.1) is 0 Å². The minimum Gasteiger partial charge on any atom is -0.368 e. The summed E-state index contributed by atoms with van der Waals surface area (Å²) in [4.78, 5) is 38.1. The number of carbonyl (C=O) groups excluding carboxylic acids is 3. The second kappa shape index (κ2) is 6.93. The van der Waals surface area contributed by atoms with Gasteiger partial charge in [0.25, 0.3) is 0 Å². The van der Waals surface area contributed by atoms with Crippen LogP contribution in [0.1, 0.15) is 30.9 Å². The first kappa shape index (κ1) is 17.0. The predicted molar refractivity (Wildman–Crippen MR) is 91.6 cm³/mol. The molecule has 24 heavy (non-hydrogen) atoms. The first-order valence-corrected chi connectivity index (χ1v) is 8.86. The van der Waals surface area contributed by atoms with E-state index in [4.69, 9.17) is 5.73 Å². The molecule has 3 amide bonds. The normalized spacial score (nSPS) is 21.6. The Morgan fingerprint density at radius 1 is 1.38 bits per heavy atom. The summed E-state index contributed by atoms with van der Waals surface area (Å²) in [5.41, 5.74) is 6.06. The van der Waals surface area contributed by atoms with Gasteiger partial charge in [-0.3, -0.25) is 14.4 Å². The third-order valence-corrected chi connectivity index (χ3v) is 5.01. The molecule has 1 aromatic carbocycles. The van der Waals surface area contributed by atoms with Crippen LogP contribution >= 0.6 is 15.9 Å². The van der Waals surface area contributed by atoms with Gasteiger partial charge in [0.1, 0.15) is 6.04 Å². The summed E-state index contributed by atoms with van der Waals surface area (Å²) in [5.74, 6) is -0.743. The Morgan fingerprint density at radius 3 is 2.75 bits per heavy atom. The van der Waals surface area contributed by atoms with Crippen molar-refractivity contribution in [3.63, 3.8) is 0 Å². The SMILES string of the molecule is NC(=O)[C@H](NC(=O)[C@@H]1CC(=O)N(CC2CC2)C1)c1cccc(Br)c1. The Morgan fingerprint density at radius 2 is 2.12 bits per heavy atom. The molecule has 0 bridgehead atoms. The molecule has 0 spiro atoms. The highest BCUT2D eigenvalue weighted by atomic mass is 79.9. The van der Waals surface area contributed by atoms with Gasteiger partial charge in [0.15, 0.2) is 0 Å². The zero-order chi connectivity index (χ0) is 17.3. The first-order chi connectivity index (χ1) is 11.4. The lowest BCUT2D eigenvalue weighted by Gasteiger charge is -2.19. The van der Waals surface area contributed by atoms with Gasteiger partial charge in [0, 0.05) is 24.0 Å². The topological polar surface area (TPSA) is 92.5 Å². The molecular weight excluding hydrogens is 374 g/mol. The van der Waals surface area contributed by atoms with Crippen LogP contribution in [0.25, 0.3) is 0 Å². The number of amides is 3. The number of benzene rings is 1. The first-order valence-electron chi connectivity index (χ1n) is 8.07. The Balaban J connectivity index is 1.65. The molecule has 2 fully saturated rings. The van der Waals surface area contributed by atoms with Gasteiger partial charge < -0.3 is 16.0 Å². The average molecular weight is 394 g/mol. The summed E-state index contributed by atoms with van der Waals surface area (Å²) in [6.07, 6.45) is 2.52. The quantitative estimate of drug-likeness (QED) is 0.763. The van der Waals surface area contributed by atoms with E-state index < -0.39 is 17.9 Å². The molecule has 1 saturated heterocycles. The van der Waals surface area contributed by atoms with Crippen LogP contribution in [0.2, 0.25) is 0 Å². The van der Waals surface area contributed by atoms with Crippen molar-refractivity contribution < 1.29 is 14.4 Å². The number of nitrogens with one attached hydrogen (secondary N) is 1. The lowest BCUT2D eigenvalue weighted by molar-refractivity contribution is -0.130. The van der Waals surface area contributed by atoms with E-state index in [9.17, 15) is 14.4 Å². The Kier molecular flexibility index (Phi) is 4.89. The molecule has 2 aliphatic rings. The Labute approximate surface area is 148 Å². The van der Waals surface area contributed by atoms with Crippen molar-refractivity contribution in [3.05, 3.63) is 34.3 Å². The molecule has 6 nitrogen and oxygen atoms in total. The van der Waals surface area contributed by atoms with Crippen molar-refractivity contribution in [1.82, 2.24) is 10.2 Å². The molecule has 3 N–H and O–H groups in total. The summed E-state index contributed by atoms with van der Waals surface area (Å²) >= 11 is 3.34. The smallest absolute Gasteiger partial charge is 0.244 e. The highest BCUT2D eigenvalue weighted by Gasteiger charge is 2.38. The maximum atomic E-state index is 12.5. The largest absolute Gasteiger partial charge is 0.368 e. The van der Waals surface area contributed by atoms with E-state index in [0.29, 0.717) is 18.0 Å². The number of nitrogens with zero attached hydrogens (tertiary/aromatic N) is 1. The fourth-order valence-corrected chi connectivity index (χ4v) is 3.42. The van der Waals surface area contributed by atoms with Gasteiger partial charge in [-0.1, -0.05) is 28.1 Å². The lowest BCUT2D eigenvalue weighted by atomic mass is 10.0. The zero-order valence-corrected chi connectivity index (χ0v) is 14.8. The molecular formula is C17H20BrN3O3. The standard InChI is InChI=1S/C17H20BrN3O3/c18-13-3-1-2-11(6-13)15(16(19)23)20-17(24)12-7-14(22)21(9-12)8-10-4-5-10/h1-3,6,10,12,15H,4-5,7-9H2,(H2,19,23)(H,20,24)/t12-,15-/m1/s1. The lowest BCUT2D eigenvalue weighted by Crippen LogP contribution is -2.41. The molecule has 1 saturated carbocycles. The van der Waals surface area contributed by atoms with Crippen molar-refractivity contribution in [2.75, 3.05) is 13.1 Å². The van der Waals surface area contributed by atoms with E-state index in [2.05, 4.69) is 21.2 Å². The van der Waals surface area contributed by atoms with Gasteiger partial charge in [-0.2, -0.15) is 0 Å². The van der Waals surface area contributed by atoms with Crippen LogP contribution in [0, 0.1) is 11.8 Å². The molecule has 1 aliphatic carbocycles. The van der Waals surface area contributed by atoms with E-state index in [1.807, 2.05) is 6.07 Å². The number of hydrogen-bond acceptors (Lipinski definition) is 3. The van der Waals surface area contributed by atoms with Crippen molar-refractivity contribution in [3.8, 4) is 0 Å². The summed E-state index contributed by atoms with van der Waals surface area (Å²) in [5, 5.41) is 2.70. The molecule has 2 atom stereocenters. The number of likely N-dealkylation sites (tertiary alicyclic amines) is 1. The maximum absolute atomic E-state index is 12.5. The Bertz CT molecular complexity index is 675. The summed E-state index contributed by atoms with van der Waals surface area (Å²) in [6, 6.07) is 6.18. The second-order valence-electron chi connectivity index (χ2n) is 6.54. The fourth-order valence-electron chi connectivity index (χ4n) is 3.00. The summed E-state index contributed by atoms with van der Waals surface area (Å²) in [7, 11) is 0. The third kappa shape index (κ3) is 3.95. The van der Waals surface area contributed by atoms with Crippen molar-refractivity contribution in [2.45, 2.75) is 25.3 Å². The van der Waals surface area contributed by atoms with Crippen LogP contribution in [0.15, 0.2) is 28.7 Å². The van der Waals surface area contributed by atoms with Crippen LogP contribution in [-0.4, -0.2) is 35.7 Å². The van der Waals surface area contributed by atoms with Crippen LogP contribution < -0.4 is 11.1 Å². The van der Waals surface area contributed by atoms with Gasteiger partial charge >= 0.3 is 0 Å². The number of carbonyl (C=O) groups is 3. The highest BCUT2D eigenvalue weighted by molar-refractivity contribution is 9.10. The van der Waals surface area contributed by atoms with E-state index in [1.165, 1.54) is 0 Å². The maximum Gasteiger partial charge on any atom is 0.244 e. The van der Waals surface area contributed by atoms with Gasteiger partial charge in [-0.05, 0) is 36.5 Å². The van der Waals surface area contributed by atoms with Crippen LogP contribution in [0.5, 0.6) is 0 Å². The molecule has 7 heteroatoms. The van der Waals surface area contributed by atoms with Gasteiger partial charge in [-0.25, -0.2) is 0 Å². The molecule has 1 aliphatic heterocycles. The molecule has 0 aromatic heterocycles. The van der Waals surface area contributed by atoms with Crippen LogP contribution in [0.4, 0.5) is 0 Å². The number of rotatable bonds is 6. The second-order valence-corrected chi connectivity index (χ2v) is 7.46. The average Bonchev–Trinajstić information content (AvgIpc) is 3.27. The molecule has 0 unspecified atom stereocenters. The molecule has 1 heterocycles. The predicted octanol–water partition coefficient (Wildman–Crippen LogP) is 1.35. The number of hydrogen-bond donors (Lipinski definition) is 2. The third-order valence-electron chi connectivity index (χ3n) is 4.51. The molecule has 3 rings (SSSR count). The highest BCUT2D eigenvalue weighted by Crippen LogP contribution is 2.32. The van der Waals surface area contributed by atoms with E-state index in [1.54, 1.807) is 23.1 Å². The van der Waals surface area contributed by atoms with Crippen molar-refractivity contribution >= 4 is 33.7 Å². The van der Waals surface area contributed by atoms with E-state index >= 15 is 0 Å². The van der Waals surface area contributed by atoms with Crippen LogP contribution in [0.3, 0.4) is 0 Å². The van der Waals surface area contributed by atoms with Crippen molar-refractivity contribution in [1.29, 1.82) is 0 Å². The zero-order valence-electron chi connectivity index (χ0n) is 13.2. The fraction of sp³-hybridized carbons (Fsp3) is 0.471. The summed E-state index contributed by atoms with van der Waals surface area (Å²) in [6.45, 7) is 1.17. The number of halogens is 1. The van der Waals surface area contributed by atoms with E-state index in [0.717, 1.165) is 23.9 Å². The minimum atomic E-state index is -0.900. The molecule has 0 radical (unpaired) electrons. The molecule has 128 valence electrons. The number of nitrogens with two attached hydrogens (primary N) is 1. The summed E-state index contributed by atoms with van der Waals surface area (Å²) < 4.78 is 0.798. The minimum absolute atomic E-state index is 0.0140. The monoisotopic (exact) mass is 393 g/mol. The van der Waals surface area contributed by atoms with Crippen molar-refractivity contribution in [2.24, 2.45) is 17.6 Å². The van der Waals surface area contributed by atoms with Gasteiger partial charge in [0.2, 0.25) is 17.7 Å². The Hall–Kier alpha value is -1.89.